The lowest BCUT2D eigenvalue weighted by molar-refractivity contribution is -0.150. The number of hydrogen-bond acceptors (Lipinski definition) is 5. The van der Waals surface area contributed by atoms with Crippen LogP contribution in [0.4, 0.5) is 4.79 Å². The smallest absolute Gasteiger partial charge is 0.410 e. The van der Waals surface area contributed by atoms with Crippen LogP contribution in [0.15, 0.2) is 48.5 Å². The first-order valence-corrected chi connectivity index (χ1v) is 12.3. The number of benzene rings is 2. The van der Waals surface area contributed by atoms with Crippen LogP contribution in [-0.2, 0) is 15.1 Å². The van der Waals surface area contributed by atoms with Crippen LogP contribution in [0.3, 0.4) is 0 Å². The van der Waals surface area contributed by atoms with Gasteiger partial charge >= 0.3 is 6.09 Å². The van der Waals surface area contributed by atoms with E-state index in [2.05, 4.69) is 5.32 Å². The number of carbonyl (C=O) groups is 3. The molecule has 2 aromatic carbocycles. The summed E-state index contributed by atoms with van der Waals surface area (Å²) in [6.07, 6.45) is -0.394. The van der Waals surface area contributed by atoms with E-state index < -0.39 is 17.3 Å². The number of halogens is 1. The second-order valence-electron chi connectivity index (χ2n) is 10.0. The maximum Gasteiger partial charge on any atom is 0.410 e. The third-order valence-electron chi connectivity index (χ3n) is 6.01. The molecule has 1 heterocycles. The highest BCUT2D eigenvalue weighted by Gasteiger charge is 2.43. The van der Waals surface area contributed by atoms with Crippen molar-refractivity contribution in [1.29, 1.82) is 0 Å². The molecule has 194 valence electrons. The number of nitrogens with zero attached hydrogens (tertiary/aromatic N) is 2. The molecule has 1 aliphatic heterocycles. The van der Waals surface area contributed by atoms with Crippen molar-refractivity contribution in [3.63, 3.8) is 0 Å². The first kappa shape index (κ1) is 27.3. The minimum atomic E-state index is -1.37. The summed E-state index contributed by atoms with van der Waals surface area (Å²) in [5, 5.41) is 3.12. The lowest BCUT2D eigenvalue weighted by atomic mass is 9.93. The van der Waals surface area contributed by atoms with Crippen LogP contribution in [0.1, 0.15) is 50.5 Å². The summed E-state index contributed by atoms with van der Waals surface area (Å²) in [6.45, 7) is 10.1. The predicted octanol–water partition coefficient (Wildman–Crippen LogP) is 4.46. The van der Waals surface area contributed by atoms with Gasteiger partial charge in [0, 0.05) is 48.9 Å². The Morgan fingerprint density at radius 2 is 1.58 bits per heavy atom. The van der Waals surface area contributed by atoms with Gasteiger partial charge in [-0.25, -0.2) is 4.79 Å². The molecule has 36 heavy (non-hydrogen) atoms. The van der Waals surface area contributed by atoms with Crippen molar-refractivity contribution < 1.29 is 23.9 Å². The lowest BCUT2D eigenvalue weighted by Crippen LogP contribution is -2.60. The van der Waals surface area contributed by atoms with Crippen LogP contribution in [0.2, 0.25) is 5.02 Å². The molecule has 1 N–H and O–H groups in total. The van der Waals surface area contributed by atoms with Gasteiger partial charge in [-0.15, -0.1) is 0 Å². The fourth-order valence-electron chi connectivity index (χ4n) is 4.08. The van der Waals surface area contributed by atoms with E-state index in [1.54, 1.807) is 72.3 Å². The summed E-state index contributed by atoms with van der Waals surface area (Å²) in [6, 6.07) is 13.3. The molecule has 1 fully saturated rings. The zero-order valence-corrected chi connectivity index (χ0v) is 22.4. The summed E-state index contributed by atoms with van der Waals surface area (Å²) in [5.41, 5.74) is -0.851. The van der Waals surface area contributed by atoms with E-state index in [0.29, 0.717) is 41.5 Å². The van der Waals surface area contributed by atoms with Crippen molar-refractivity contribution in [2.45, 2.75) is 51.9 Å². The molecule has 0 spiro atoms. The van der Waals surface area contributed by atoms with Crippen LogP contribution < -0.4 is 10.1 Å². The van der Waals surface area contributed by atoms with E-state index in [1.165, 1.54) is 0 Å². The Bertz CT molecular complexity index is 1100. The van der Waals surface area contributed by atoms with Crippen LogP contribution in [0.5, 0.6) is 5.75 Å². The van der Waals surface area contributed by atoms with Crippen molar-refractivity contribution in [2.24, 2.45) is 0 Å². The van der Waals surface area contributed by atoms with Crippen molar-refractivity contribution in [2.75, 3.05) is 26.7 Å². The quantitative estimate of drug-likeness (QED) is 0.635. The van der Waals surface area contributed by atoms with Crippen molar-refractivity contribution in [3.05, 3.63) is 64.7 Å². The Kier molecular flexibility index (Phi) is 8.19. The first-order chi connectivity index (χ1) is 16.8. The van der Waals surface area contributed by atoms with Gasteiger partial charge in [-0.3, -0.25) is 9.59 Å². The molecule has 0 bridgehead atoms. The van der Waals surface area contributed by atoms with Crippen molar-refractivity contribution in [3.8, 4) is 5.75 Å². The highest BCUT2D eigenvalue weighted by molar-refractivity contribution is 6.30. The molecule has 2 atom stereocenters. The number of hydrogen-bond donors (Lipinski definition) is 1. The van der Waals surface area contributed by atoms with E-state index >= 15 is 0 Å². The predicted molar refractivity (Wildman–Crippen MR) is 138 cm³/mol. The van der Waals surface area contributed by atoms with Gasteiger partial charge in [0.2, 0.25) is 5.60 Å². The largest absolute Gasteiger partial charge is 0.473 e. The topological polar surface area (TPSA) is 88.2 Å². The summed E-state index contributed by atoms with van der Waals surface area (Å²) in [7, 11) is 1.56. The van der Waals surface area contributed by atoms with Crippen LogP contribution in [0, 0.1) is 0 Å². The maximum atomic E-state index is 14.0. The minimum absolute atomic E-state index is 0.213. The number of carbonyl (C=O) groups excluding carboxylic acids is 3. The Balaban J connectivity index is 1.85. The SMILES string of the molecule is CNC(=O)c1ccc(OC(C)(C(=O)N2CCN(C(=O)OC(C)(C)C)[C@H](C)C2)c2ccc(Cl)cc2)cc1. The summed E-state index contributed by atoms with van der Waals surface area (Å²) in [5.74, 6) is -0.0142. The maximum absolute atomic E-state index is 14.0. The molecule has 2 aromatic rings. The summed E-state index contributed by atoms with van der Waals surface area (Å²) < 4.78 is 11.8. The molecule has 3 amide bonds. The van der Waals surface area contributed by atoms with Gasteiger partial charge in [-0.05, 0) is 71.0 Å². The number of amides is 3. The zero-order chi connectivity index (χ0) is 26.7. The minimum Gasteiger partial charge on any atom is -0.473 e. The van der Waals surface area contributed by atoms with Gasteiger partial charge in [-0.1, -0.05) is 23.7 Å². The Morgan fingerprint density at radius 3 is 2.11 bits per heavy atom. The molecule has 1 saturated heterocycles. The summed E-state index contributed by atoms with van der Waals surface area (Å²) >= 11 is 6.10. The van der Waals surface area contributed by atoms with Gasteiger partial charge in [0.05, 0.1) is 0 Å². The number of ether oxygens (including phenoxy) is 2. The van der Waals surface area contributed by atoms with Gasteiger partial charge in [-0.2, -0.15) is 0 Å². The lowest BCUT2D eigenvalue weighted by Gasteiger charge is -2.43. The Morgan fingerprint density at radius 1 is 0.972 bits per heavy atom. The second-order valence-corrected chi connectivity index (χ2v) is 10.5. The number of piperazine rings is 1. The molecule has 0 radical (unpaired) electrons. The Hall–Kier alpha value is -3.26. The van der Waals surface area contributed by atoms with Crippen molar-refractivity contribution in [1.82, 2.24) is 15.1 Å². The highest BCUT2D eigenvalue weighted by atomic mass is 35.5. The van der Waals surface area contributed by atoms with Crippen LogP contribution in [0.25, 0.3) is 0 Å². The van der Waals surface area contributed by atoms with E-state index in [4.69, 9.17) is 21.1 Å². The molecule has 8 nitrogen and oxygen atoms in total. The van der Waals surface area contributed by atoms with Crippen LogP contribution in [-0.4, -0.2) is 66.0 Å². The van der Waals surface area contributed by atoms with E-state index in [0.717, 1.165) is 0 Å². The van der Waals surface area contributed by atoms with Gasteiger partial charge in [0.1, 0.15) is 11.4 Å². The number of nitrogens with one attached hydrogen (secondary N) is 1. The number of rotatable bonds is 5. The van der Waals surface area contributed by atoms with Crippen molar-refractivity contribution >= 4 is 29.5 Å². The fourth-order valence-corrected chi connectivity index (χ4v) is 4.21. The average molecular weight is 516 g/mol. The normalized spacial score (nSPS) is 17.7. The van der Waals surface area contributed by atoms with Gasteiger partial charge < -0.3 is 24.6 Å². The average Bonchev–Trinajstić information content (AvgIpc) is 2.82. The molecule has 1 aliphatic rings. The third kappa shape index (κ3) is 6.29. The molecule has 0 saturated carbocycles. The van der Waals surface area contributed by atoms with E-state index in [-0.39, 0.29) is 17.9 Å². The summed E-state index contributed by atoms with van der Waals surface area (Å²) in [4.78, 5) is 41.8. The monoisotopic (exact) mass is 515 g/mol. The van der Waals surface area contributed by atoms with Gasteiger partial charge in [0.15, 0.2) is 0 Å². The molecule has 0 aliphatic carbocycles. The zero-order valence-electron chi connectivity index (χ0n) is 21.6. The molecule has 1 unspecified atom stereocenters. The van der Waals surface area contributed by atoms with Gasteiger partial charge in [0.25, 0.3) is 11.8 Å². The van der Waals surface area contributed by atoms with E-state index in [1.807, 2.05) is 27.7 Å². The fraction of sp³-hybridized carbons (Fsp3) is 0.444. The van der Waals surface area contributed by atoms with E-state index in [9.17, 15) is 14.4 Å². The molecule has 0 aromatic heterocycles. The first-order valence-electron chi connectivity index (χ1n) is 11.9. The molecular formula is C27H34ClN3O5. The third-order valence-corrected chi connectivity index (χ3v) is 6.26. The molecule has 3 rings (SSSR count). The molecular weight excluding hydrogens is 482 g/mol. The highest BCUT2D eigenvalue weighted by Crippen LogP contribution is 2.32. The Labute approximate surface area is 217 Å². The second kappa shape index (κ2) is 10.8. The standard InChI is InChI=1S/C27H34ClN3O5/c1-18-17-30(15-16-31(18)25(34)36-26(2,3)4)24(33)27(5,20-9-11-21(28)12-10-20)35-22-13-7-19(8-14-22)23(32)29-6/h7-14,18H,15-17H2,1-6H3,(H,29,32)/t18-,27?/m1/s1. The molecule has 9 heteroatoms. The van der Waals surface area contributed by atoms with Crippen LogP contribution >= 0.6 is 11.6 Å².